The molecule has 2 rings (SSSR count). The van der Waals surface area contributed by atoms with Crippen molar-refractivity contribution in [2.75, 3.05) is 11.9 Å². The predicted octanol–water partition coefficient (Wildman–Crippen LogP) is 3.95. The third kappa shape index (κ3) is 4.49. The number of aryl methyl sites for hydroxylation is 1. The number of hydrogen-bond donors (Lipinski definition) is 1. The lowest BCUT2D eigenvalue weighted by Crippen LogP contribution is -2.17. The molecule has 0 aliphatic carbocycles. The van der Waals surface area contributed by atoms with Gasteiger partial charge in [-0.15, -0.1) is 11.3 Å². The van der Waals surface area contributed by atoms with Crippen LogP contribution in [0.5, 0.6) is 0 Å². The van der Waals surface area contributed by atoms with Crippen LogP contribution in [-0.4, -0.2) is 21.5 Å². The minimum absolute atomic E-state index is 0.0122. The molecule has 0 bridgehead atoms. The SMILES string of the molecule is CCCNc1cc(C(C)(C)C)nc(Cc2csc(C)n2)n1. The van der Waals surface area contributed by atoms with E-state index < -0.39 is 0 Å². The van der Waals surface area contributed by atoms with E-state index in [-0.39, 0.29) is 5.41 Å². The quantitative estimate of drug-likeness (QED) is 0.908. The van der Waals surface area contributed by atoms with Gasteiger partial charge in [-0.2, -0.15) is 0 Å². The first kappa shape index (κ1) is 15.9. The first-order valence-electron chi connectivity index (χ1n) is 7.42. The molecule has 2 aromatic rings. The summed E-state index contributed by atoms with van der Waals surface area (Å²) >= 11 is 1.67. The molecule has 0 saturated heterocycles. The van der Waals surface area contributed by atoms with Crippen molar-refractivity contribution in [1.29, 1.82) is 0 Å². The topological polar surface area (TPSA) is 50.7 Å². The Bertz CT molecular complexity index is 599. The first-order chi connectivity index (χ1) is 9.88. The van der Waals surface area contributed by atoms with Crippen molar-refractivity contribution < 1.29 is 0 Å². The number of anilines is 1. The van der Waals surface area contributed by atoms with E-state index >= 15 is 0 Å². The van der Waals surface area contributed by atoms with Gasteiger partial charge < -0.3 is 5.32 Å². The molecule has 0 radical (unpaired) electrons. The molecule has 0 unspecified atom stereocenters. The fourth-order valence-corrected chi connectivity index (χ4v) is 2.57. The average Bonchev–Trinajstić information content (AvgIpc) is 2.80. The lowest BCUT2D eigenvalue weighted by molar-refractivity contribution is 0.563. The van der Waals surface area contributed by atoms with Gasteiger partial charge in [-0.3, -0.25) is 0 Å². The smallest absolute Gasteiger partial charge is 0.137 e. The van der Waals surface area contributed by atoms with E-state index in [2.05, 4.69) is 54.4 Å². The molecule has 0 saturated carbocycles. The molecule has 0 aliphatic rings. The normalized spacial score (nSPS) is 11.7. The average molecular weight is 304 g/mol. The van der Waals surface area contributed by atoms with Crippen molar-refractivity contribution in [3.63, 3.8) is 0 Å². The number of aromatic nitrogens is 3. The van der Waals surface area contributed by atoms with E-state index in [4.69, 9.17) is 4.98 Å². The molecule has 2 heterocycles. The number of nitrogens with zero attached hydrogens (tertiary/aromatic N) is 3. The van der Waals surface area contributed by atoms with Gasteiger partial charge in [-0.05, 0) is 13.3 Å². The number of thiazole rings is 1. The molecule has 0 spiro atoms. The minimum Gasteiger partial charge on any atom is -0.370 e. The van der Waals surface area contributed by atoms with Gasteiger partial charge in [0.1, 0.15) is 11.6 Å². The van der Waals surface area contributed by atoms with Crippen LogP contribution >= 0.6 is 11.3 Å². The molecule has 4 nitrogen and oxygen atoms in total. The third-order valence-electron chi connectivity index (χ3n) is 3.10. The van der Waals surface area contributed by atoms with Gasteiger partial charge in [0.15, 0.2) is 0 Å². The summed E-state index contributed by atoms with van der Waals surface area (Å²) in [6.07, 6.45) is 1.77. The highest BCUT2D eigenvalue weighted by molar-refractivity contribution is 7.09. The van der Waals surface area contributed by atoms with E-state index in [1.165, 1.54) is 0 Å². The Balaban J connectivity index is 2.30. The summed E-state index contributed by atoms with van der Waals surface area (Å²) in [6, 6.07) is 2.06. The van der Waals surface area contributed by atoms with Crippen LogP contribution in [0.2, 0.25) is 0 Å². The Morgan fingerprint density at radius 3 is 2.52 bits per heavy atom. The minimum atomic E-state index is 0.0122. The molecular formula is C16H24N4S. The predicted molar refractivity (Wildman–Crippen MR) is 89.2 cm³/mol. The third-order valence-corrected chi connectivity index (χ3v) is 3.93. The molecule has 1 N–H and O–H groups in total. The van der Waals surface area contributed by atoms with Crippen LogP contribution in [0.1, 0.15) is 56.3 Å². The van der Waals surface area contributed by atoms with Crippen molar-refractivity contribution in [2.24, 2.45) is 0 Å². The molecule has 0 aliphatic heterocycles. The zero-order valence-electron chi connectivity index (χ0n) is 13.5. The van der Waals surface area contributed by atoms with Gasteiger partial charge in [0.2, 0.25) is 0 Å². The number of nitrogens with one attached hydrogen (secondary N) is 1. The van der Waals surface area contributed by atoms with E-state index in [0.717, 1.165) is 41.0 Å². The summed E-state index contributed by atoms with van der Waals surface area (Å²) in [5.41, 5.74) is 2.13. The second kappa shape index (κ2) is 6.52. The zero-order valence-corrected chi connectivity index (χ0v) is 14.3. The molecule has 0 amide bonds. The second-order valence-electron chi connectivity index (χ2n) is 6.27. The Hall–Kier alpha value is -1.49. The largest absolute Gasteiger partial charge is 0.370 e. The van der Waals surface area contributed by atoms with Gasteiger partial charge in [-0.25, -0.2) is 15.0 Å². The van der Waals surface area contributed by atoms with Gasteiger partial charge in [0, 0.05) is 23.4 Å². The van der Waals surface area contributed by atoms with Crippen LogP contribution in [0, 0.1) is 6.92 Å². The van der Waals surface area contributed by atoms with Crippen LogP contribution < -0.4 is 5.32 Å². The summed E-state index contributed by atoms with van der Waals surface area (Å²) in [4.78, 5) is 13.9. The lowest BCUT2D eigenvalue weighted by atomic mass is 9.92. The fraction of sp³-hybridized carbons (Fsp3) is 0.562. The molecule has 21 heavy (non-hydrogen) atoms. The summed E-state index contributed by atoms with van der Waals surface area (Å²) in [5.74, 6) is 1.75. The monoisotopic (exact) mass is 304 g/mol. The van der Waals surface area contributed by atoms with Crippen LogP contribution in [0.3, 0.4) is 0 Å². The molecule has 0 fully saturated rings. The highest BCUT2D eigenvalue weighted by Gasteiger charge is 2.18. The molecule has 0 aromatic carbocycles. The van der Waals surface area contributed by atoms with E-state index in [1.54, 1.807) is 11.3 Å². The van der Waals surface area contributed by atoms with Crippen molar-refractivity contribution in [2.45, 2.75) is 52.9 Å². The van der Waals surface area contributed by atoms with E-state index in [0.29, 0.717) is 6.42 Å². The maximum atomic E-state index is 4.73. The Labute approximate surface area is 131 Å². The molecule has 0 atom stereocenters. The number of hydrogen-bond acceptors (Lipinski definition) is 5. The summed E-state index contributed by atoms with van der Waals surface area (Å²) in [5, 5.41) is 6.54. The summed E-state index contributed by atoms with van der Waals surface area (Å²) in [6.45, 7) is 11.6. The first-order valence-corrected chi connectivity index (χ1v) is 8.29. The van der Waals surface area contributed by atoms with Crippen molar-refractivity contribution in [3.05, 3.63) is 33.7 Å². The zero-order chi connectivity index (χ0) is 15.5. The molecule has 5 heteroatoms. The highest BCUT2D eigenvalue weighted by atomic mass is 32.1. The Kier molecular flexibility index (Phi) is 4.93. The van der Waals surface area contributed by atoms with Gasteiger partial charge in [-0.1, -0.05) is 27.7 Å². The van der Waals surface area contributed by atoms with Crippen LogP contribution in [0.4, 0.5) is 5.82 Å². The van der Waals surface area contributed by atoms with Crippen molar-refractivity contribution >= 4 is 17.2 Å². The van der Waals surface area contributed by atoms with Gasteiger partial charge >= 0.3 is 0 Å². The highest BCUT2D eigenvalue weighted by Crippen LogP contribution is 2.23. The summed E-state index contributed by atoms with van der Waals surface area (Å²) < 4.78 is 0. The van der Waals surface area contributed by atoms with Crippen molar-refractivity contribution in [1.82, 2.24) is 15.0 Å². The maximum Gasteiger partial charge on any atom is 0.137 e. The molecule has 114 valence electrons. The Morgan fingerprint density at radius 1 is 1.19 bits per heavy atom. The second-order valence-corrected chi connectivity index (χ2v) is 7.33. The van der Waals surface area contributed by atoms with Crippen LogP contribution in [-0.2, 0) is 11.8 Å². The molecule has 2 aromatic heterocycles. The summed E-state index contributed by atoms with van der Waals surface area (Å²) in [7, 11) is 0. The Morgan fingerprint density at radius 2 is 1.95 bits per heavy atom. The van der Waals surface area contributed by atoms with E-state index in [9.17, 15) is 0 Å². The van der Waals surface area contributed by atoms with Gasteiger partial charge in [0.05, 0.1) is 22.8 Å². The standard InChI is InChI=1S/C16H24N4S/c1-6-7-17-14-9-13(16(3,4)5)19-15(20-14)8-12-10-21-11(2)18-12/h9-10H,6-8H2,1-5H3,(H,17,19,20). The maximum absolute atomic E-state index is 4.73. The number of rotatable bonds is 5. The van der Waals surface area contributed by atoms with Crippen LogP contribution in [0.25, 0.3) is 0 Å². The fourth-order valence-electron chi connectivity index (χ4n) is 1.96. The lowest BCUT2D eigenvalue weighted by Gasteiger charge is -2.19. The van der Waals surface area contributed by atoms with Crippen molar-refractivity contribution in [3.8, 4) is 0 Å². The van der Waals surface area contributed by atoms with Crippen LogP contribution in [0.15, 0.2) is 11.4 Å². The molecular weight excluding hydrogens is 280 g/mol. The van der Waals surface area contributed by atoms with E-state index in [1.807, 2.05) is 6.92 Å². The van der Waals surface area contributed by atoms with Gasteiger partial charge in [0.25, 0.3) is 0 Å².